The summed E-state index contributed by atoms with van der Waals surface area (Å²) in [6, 6.07) is 12.7. The molecule has 2 rings (SSSR count). The van der Waals surface area contributed by atoms with Gasteiger partial charge in [-0.2, -0.15) is 0 Å². The number of nitrogens with one attached hydrogen (secondary N) is 2. The Kier molecular flexibility index (Phi) is 7.74. The van der Waals surface area contributed by atoms with Crippen molar-refractivity contribution in [3.05, 3.63) is 54.1 Å². The van der Waals surface area contributed by atoms with Gasteiger partial charge in [0.2, 0.25) is 15.9 Å². The Hall–Kier alpha value is -2.91. The van der Waals surface area contributed by atoms with Gasteiger partial charge in [0.1, 0.15) is 0 Å². The summed E-state index contributed by atoms with van der Waals surface area (Å²) in [4.78, 5) is 24.0. The normalized spacial score (nSPS) is 11.2. The molecule has 29 heavy (non-hydrogen) atoms. The number of nitrogens with zero attached hydrogens (tertiary/aromatic N) is 1. The van der Waals surface area contributed by atoms with E-state index in [2.05, 4.69) is 10.6 Å². The van der Waals surface area contributed by atoms with Crippen LogP contribution < -0.4 is 10.6 Å². The largest absolute Gasteiger partial charge is 0.462 e. The molecule has 2 aromatic carbocycles. The summed E-state index contributed by atoms with van der Waals surface area (Å²) in [5.74, 6) is -0.723. The van der Waals surface area contributed by atoms with E-state index >= 15 is 0 Å². The van der Waals surface area contributed by atoms with Gasteiger partial charge in [-0.3, -0.25) is 4.79 Å². The number of anilines is 2. The molecule has 0 radical (unpaired) electrons. The van der Waals surface area contributed by atoms with Crippen molar-refractivity contribution in [3.8, 4) is 0 Å². The molecule has 0 unspecified atom stereocenters. The zero-order chi connectivity index (χ0) is 21.4. The van der Waals surface area contributed by atoms with E-state index in [-0.39, 0.29) is 23.3 Å². The highest BCUT2D eigenvalue weighted by Crippen LogP contribution is 2.18. The lowest BCUT2D eigenvalue weighted by Crippen LogP contribution is -2.23. The van der Waals surface area contributed by atoms with Crippen molar-refractivity contribution in [1.82, 2.24) is 4.31 Å². The number of carbonyl (C=O) groups excluding carboxylic acids is 2. The lowest BCUT2D eigenvalue weighted by molar-refractivity contribution is -0.114. The second-order valence-corrected chi connectivity index (χ2v) is 8.58. The number of esters is 1. The highest BCUT2D eigenvalue weighted by molar-refractivity contribution is 7.89. The van der Waals surface area contributed by atoms with Gasteiger partial charge in [-0.05, 0) is 48.9 Å². The number of hydrogen-bond donors (Lipinski definition) is 2. The third-order valence-electron chi connectivity index (χ3n) is 3.91. The molecular weight excluding hydrogens is 394 g/mol. The van der Waals surface area contributed by atoms with Crippen LogP contribution in [0.15, 0.2) is 53.4 Å². The second kappa shape index (κ2) is 10.0. The summed E-state index contributed by atoms with van der Waals surface area (Å²) in [7, 11) is -0.692. The fourth-order valence-corrected chi connectivity index (χ4v) is 3.28. The molecular formula is C20H25N3O5S. The Morgan fingerprint density at radius 2 is 1.72 bits per heavy atom. The number of carbonyl (C=O) groups is 2. The summed E-state index contributed by atoms with van der Waals surface area (Å²) >= 11 is 0. The van der Waals surface area contributed by atoms with Crippen LogP contribution >= 0.6 is 0 Å². The van der Waals surface area contributed by atoms with E-state index in [0.717, 1.165) is 10.7 Å². The van der Waals surface area contributed by atoms with Gasteiger partial charge in [-0.1, -0.05) is 13.0 Å². The Balaban J connectivity index is 1.93. The van der Waals surface area contributed by atoms with Crippen LogP contribution in [0.2, 0.25) is 0 Å². The molecule has 1 amide bonds. The number of hydrogen-bond acceptors (Lipinski definition) is 6. The van der Waals surface area contributed by atoms with Crippen LogP contribution in [0.1, 0.15) is 23.7 Å². The lowest BCUT2D eigenvalue weighted by Gasteiger charge is -2.13. The van der Waals surface area contributed by atoms with Gasteiger partial charge < -0.3 is 15.4 Å². The highest BCUT2D eigenvalue weighted by atomic mass is 32.2. The molecule has 0 bridgehead atoms. The van der Waals surface area contributed by atoms with Gasteiger partial charge in [0.05, 0.1) is 23.6 Å². The van der Waals surface area contributed by atoms with Gasteiger partial charge >= 0.3 is 5.97 Å². The molecule has 0 saturated heterocycles. The van der Waals surface area contributed by atoms with Crippen LogP contribution in [-0.2, 0) is 19.6 Å². The molecule has 0 fully saturated rings. The lowest BCUT2D eigenvalue weighted by atomic mass is 10.2. The number of rotatable bonds is 9. The van der Waals surface area contributed by atoms with Crippen LogP contribution in [-0.4, -0.2) is 51.8 Å². The molecule has 0 aliphatic heterocycles. The summed E-state index contributed by atoms with van der Waals surface area (Å²) in [5, 5.41) is 5.60. The van der Waals surface area contributed by atoms with Crippen molar-refractivity contribution < 1.29 is 22.7 Å². The Morgan fingerprint density at radius 1 is 1.03 bits per heavy atom. The molecule has 0 spiro atoms. The maximum Gasteiger partial charge on any atom is 0.338 e. The number of sulfonamides is 1. The second-order valence-electron chi connectivity index (χ2n) is 6.43. The van der Waals surface area contributed by atoms with E-state index in [0.29, 0.717) is 23.5 Å². The topological polar surface area (TPSA) is 105 Å². The van der Waals surface area contributed by atoms with E-state index < -0.39 is 10.0 Å². The van der Waals surface area contributed by atoms with Crippen molar-refractivity contribution in [2.24, 2.45) is 0 Å². The van der Waals surface area contributed by atoms with Crippen LogP contribution in [0.3, 0.4) is 0 Å². The fourth-order valence-electron chi connectivity index (χ4n) is 2.33. The third-order valence-corrected chi connectivity index (χ3v) is 5.72. The molecule has 156 valence electrons. The van der Waals surface area contributed by atoms with Crippen molar-refractivity contribution in [2.75, 3.05) is 37.9 Å². The number of amides is 1. The quantitative estimate of drug-likeness (QED) is 0.605. The van der Waals surface area contributed by atoms with Gasteiger partial charge in [-0.25, -0.2) is 17.5 Å². The maximum atomic E-state index is 12.2. The summed E-state index contributed by atoms with van der Waals surface area (Å²) < 4.78 is 30.5. The molecule has 0 aliphatic carbocycles. The molecule has 0 aromatic heterocycles. The van der Waals surface area contributed by atoms with E-state index in [1.807, 2.05) is 6.92 Å². The molecule has 9 heteroatoms. The summed E-state index contributed by atoms with van der Waals surface area (Å²) in [6.07, 6.45) is 0.754. The molecule has 8 nitrogen and oxygen atoms in total. The van der Waals surface area contributed by atoms with Crippen LogP contribution in [0, 0.1) is 0 Å². The molecule has 0 atom stereocenters. The Morgan fingerprint density at radius 3 is 2.34 bits per heavy atom. The monoisotopic (exact) mass is 419 g/mol. The first-order valence-electron chi connectivity index (χ1n) is 9.07. The standard InChI is InChI=1S/C20H25N3O5S/c1-4-12-28-20(25)15-8-10-16(11-9-15)21-14-19(24)22-17-6-5-7-18(13-17)29(26,27)23(2)3/h5-11,13,21H,4,12,14H2,1-3H3,(H,22,24). The maximum absolute atomic E-state index is 12.2. The minimum Gasteiger partial charge on any atom is -0.462 e. The first kappa shape index (κ1) is 22.4. The zero-order valence-corrected chi connectivity index (χ0v) is 17.5. The third kappa shape index (κ3) is 6.30. The van der Waals surface area contributed by atoms with Crippen LogP contribution in [0.5, 0.6) is 0 Å². The highest BCUT2D eigenvalue weighted by Gasteiger charge is 2.17. The van der Waals surface area contributed by atoms with E-state index in [1.54, 1.807) is 36.4 Å². The Bertz CT molecular complexity index is 956. The number of benzene rings is 2. The minimum atomic E-state index is -3.58. The first-order valence-corrected chi connectivity index (χ1v) is 10.5. The van der Waals surface area contributed by atoms with Crippen molar-refractivity contribution >= 4 is 33.3 Å². The van der Waals surface area contributed by atoms with Crippen molar-refractivity contribution in [2.45, 2.75) is 18.2 Å². The molecule has 0 heterocycles. The summed E-state index contributed by atoms with van der Waals surface area (Å²) in [5.41, 5.74) is 1.48. The van der Waals surface area contributed by atoms with Crippen molar-refractivity contribution in [3.63, 3.8) is 0 Å². The van der Waals surface area contributed by atoms with E-state index in [9.17, 15) is 18.0 Å². The average Bonchev–Trinajstić information content (AvgIpc) is 2.71. The minimum absolute atomic E-state index is 0.0235. The van der Waals surface area contributed by atoms with Gasteiger partial charge in [0.15, 0.2) is 0 Å². The SMILES string of the molecule is CCCOC(=O)c1ccc(NCC(=O)Nc2cccc(S(=O)(=O)N(C)C)c2)cc1. The van der Waals surface area contributed by atoms with Gasteiger partial charge in [0.25, 0.3) is 0 Å². The molecule has 0 saturated carbocycles. The summed E-state index contributed by atoms with van der Waals surface area (Å²) in [6.45, 7) is 2.27. The average molecular weight is 420 g/mol. The first-order chi connectivity index (χ1) is 13.7. The van der Waals surface area contributed by atoms with E-state index in [4.69, 9.17) is 4.74 Å². The van der Waals surface area contributed by atoms with Crippen LogP contribution in [0.4, 0.5) is 11.4 Å². The Labute approximate surface area is 170 Å². The predicted molar refractivity (Wildman–Crippen MR) is 111 cm³/mol. The smallest absolute Gasteiger partial charge is 0.338 e. The van der Waals surface area contributed by atoms with Crippen molar-refractivity contribution in [1.29, 1.82) is 0 Å². The fraction of sp³-hybridized carbons (Fsp3) is 0.300. The molecule has 2 aromatic rings. The zero-order valence-electron chi connectivity index (χ0n) is 16.6. The van der Waals surface area contributed by atoms with E-state index in [1.165, 1.54) is 26.2 Å². The van der Waals surface area contributed by atoms with Crippen LogP contribution in [0.25, 0.3) is 0 Å². The number of ether oxygens (including phenoxy) is 1. The van der Waals surface area contributed by atoms with Gasteiger partial charge in [0, 0.05) is 25.5 Å². The molecule has 2 N–H and O–H groups in total. The predicted octanol–water partition coefficient (Wildman–Crippen LogP) is 2.55. The van der Waals surface area contributed by atoms with Gasteiger partial charge in [-0.15, -0.1) is 0 Å². The molecule has 0 aliphatic rings.